The predicted octanol–water partition coefficient (Wildman–Crippen LogP) is 7.73. The van der Waals surface area contributed by atoms with Crippen molar-refractivity contribution in [3.8, 4) is 0 Å². The molecule has 3 atom stereocenters. The van der Waals surface area contributed by atoms with E-state index in [9.17, 15) is 14.2 Å². The van der Waals surface area contributed by atoms with Crippen LogP contribution in [0.4, 0.5) is 14.6 Å². The number of anilines is 1. The Hall–Kier alpha value is -1.92. The molecule has 11 nitrogen and oxygen atoms in total. The number of hydrogen-bond donors (Lipinski definition) is 1. The van der Waals surface area contributed by atoms with E-state index in [0.29, 0.717) is 23.8 Å². The number of ether oxygens (including phenoxy) is 2. The minimum Gasteiger partial charge on any atom is -0.453 e. The van der Waals surface area contributed by atoms with Gasteiger partial charge in [-0.05, 0) is 25.3 Å². The normalized spacial score (nSPS) is 19.6. The van der Waals surface area contributed by atoms with Crippen molar-refractivity contribution in [2.75, 3.05) is 25.6 Å². The highest BCUT2D eigenvalue weighted by molar-refractivity contribution is 7.48. The number of aromatic nitrogens is 2. The van der Waals surface area contributed by atoms with Gasteiger partial charge in [-0.25, -0.2) is 9.36 Å². The van der Waals surface area contributed by atoms with E-state index in [-0.39, 0.29) is 25.5 Å². The fraction of sp³-hybridized carbons (Fsp3) is 0.839. The van der Waals surface area contributed by atoms with Gasteiger partial charge in [-0.1, -0.05) is 97.8 Å². The van der Waals surface area contributed by atoms with Gasteiger partial charge in [0.25, 0.3) is 0 Å². The van der Waals surface area contributed by atoms with Gasteiger partial charge in [0.1, 0.15) is 11.9 Å². The standard InChI is InChI=1S/C31H54F2N3O8P/c1-4-7-10-13-16-19-27(37)44-28-25(43-29(31(28,32)33)36-21-20-26(34)35-30(36)38)24-42-45(39,40-22-17-14-11-8-5-2)41-23-18-15-12-9-6-3/h20-21,25,28-29H,4-19,22-24H2,1-3H3,(H2,34,35,38)/t25?,28-,29-/m1/s1. The first kappa shape index (κ1) is 39.3. The van der Waals surface area contributed by atoms with Crippen molar-refractivity contribution in [1.29, 1.82) is 0 Å². The number of esters is 1. The Morgan fingerprint density at radius 1 is 0.911 bits per heavy atom. The van der Waals surface area contributed by atoms with Crippen LogP contribution in [-0.4, -0.2) is 53.5 Å². The van der Waals surface area contributed by atoms with E-state index in [1.54, 1.807) is 0 Å². The second kappa shape index (κ2) is 21.1. The summed E-state index contributed by atoms with van der Waals surface area (Å²) in [6, 6.07) is 1.18. The molecule has 2 rings (SSSR count). The Balaban J connectivity index is 2.18. The van der Waals surface area contributed by atoms with Crippen molar-refractivity contribution < 1.29 is 41.2 Å². The molecule has 260 valence electrons. The van der Waals surface area contributed by atoms with E-state index in [2.05, 4.69) is 25.8 Å². The first-order valence-electron chi connectivity index (χ1n) is 16.7. The van der Waals surface area contributed by atoms with E-state index in [0.717, 1.165) is 83.2 Å². The average molecular weight is 666 g/mol. The van der Waals surface area contributed by atoms with Gasteiger partial charge in [0.15, 0.2) is 6.10 Å². The molecule has 14 heteroatoms. The molecule has 1 unspecified atom stereocenters. The molecule has 0 aliphatic carbocycles. The molecule has 1 aromatic rings. The second-order valence-electron chi connectivity index (χ2n) is 11.6. The molecule has 0 aromatic carbocycles. The van der Waals surface area contributed by atoms with Crippen LogP contribution in [0.5, 0.6) is 0 Å². The molecule has 1 aliphatic rings. The number of phosphoric ester groups is 1. The van der Waals surface area contributed by atoms with Crippen molar-refractivity contribution in [2.24, 2.45) is 0 Å². The van der Waals surface area contributed by atoms with Gasteiger partial charge in [0.05, 0.1) is 19.8 Å². The molecule has 1 aromatic heterocycles. The smallest absolute Gasteiger partial charge is 0.453 e. The van der Waals surface area contributed by atoms with Crippen LogP contribution < -0.4 is 11.4 Å². The van der Waals surface area contributed by atoms with Crippen molar-refractivity contribution in [1.82, 2.24) is 9.55 Å². The van der Waals surface area contributed by atoms with Gasteiger partial charge < -0.3 is 15.2 Å². The molecule has 2 heterocycles. The zero-order chi connectivity index (χ0) is 33.1. The minimum absolute atomic E-state index is 0.0569. The molecular weight excluding hydrogens is 611 g/mol. The summed E-state index contributed by atoms with van der Waals surface area (Å²) >= 11 is 0. The highest BCUT2D eigenvalue weighted by Gasteiger charge is 2.62. The van der Waals surface area contributed by atoms with E-state index in [4.69, 9.17) is 28.8 Å². The van der Waals surface area contributed by atoms with Crippen LogP contribution in [0.25, 0.3) is 0 Å². The van der Waals surface area contributed by atoms with Crippen molar-refractivity contribution in [3.63, 3.8) is 0 Å². The number of alkyl halides is 2. The van der Waals surface area contributed by atoms with Crippen LogP contribution in [0, 0.1) is 0 Å². The molecule has 0 radical (unpaired) electrons. The van der Waals surface area contributed by atoms with Gasteiger partial charge in [-0.15, -0.1) is 0 Å². The van der Waals surface area contributed by atoms with E-state index < -0.39 is 50.4 Å². The number of nitrogens with zero attached hydrogens (tertiary/aromatic N) is 2. The molecule has 2 N–H and O–H groups in total. The number of carbonyl (C=O) groups is 1. The monoisotopic (exact) mass is 665 g/mol. The first-order chi connectivity index (χ1) is 21.6. The lowest BCUT2D eigenvalue weighted by Gasteiger charge is -2.25. The number of unbranched alkanes of at least 4 members (excludes halogenated alkanes) is 12. The number of rotatable bonds is 25. The highest BCUT2D eigenvalue weighted by Crippen LogP contribution is 2.52. The topological polar surface area (TPSA) is 141 Å². The summed E-state index contributed by atoms with van der Waals surface area (Å²) < 4.78 is 73.5. The van der Waals surface area contributed by atoms with E-state index >= 15 is 8.78 Å². The number of halogens is 2. The van der Waals surface area contributed by atoms with Crippen molar-refractivity contribution in [2.45, 2.75) is 148 Å². The molecule has 0 saturated carbocycles. The summed E-state index contributed by atoms with van der Waals surface area (Å²) in [7, 11) is -4.18. The highest BCUT2D eigenvalue weighted by atomic mass is 31.2. The summed E-state index contributed by atoms with van der Waals surface area (Å²) in [5, 5.41) is 0. The lowest BCUT2D eigenvalue weighted by atomic mass is 10.1. The number of hydrogen-bond acceptors (Lipinski definition) is 10. The van der Waals surface area contributed by atoms with Crippen LogP contribution in [0.3, 0.4) is 0 Å². The molecule has 0 bridgehead atoms. The molecule has 45 heavy (non-hydrogen) atoms. The van der Waals surface area contributed by atoms with Crippen molar-refractivity contribution >= 4 is 19.6 Å². The zero-order valence-corrected chi connectivity index (χ0v) is 28.2. The van der Waals surface area contributed by atoms with Crippen molar-refractivity contribution in [3.05, 3.63) is 22.7 Å². The Labute approximate surface area is 266 Å². The maximum atomic E-state index is 15.9. The fourth-order valence-corrected chi connectivity index (χ4v) is 6.22. The van der Waals surface area contributed by atoms with Gasteiger partial charge in [-0.2, -0.15) is 13.8 Å². The maximum absolute atomic E-state index is 15.9. The lowest BCUT2D eigenvalue weighted by Crippen LogP contribution is -2.44. The predicted molar refractivity (Wildman–Crippen MR) is 168 cm³/mol. The Morgan fingerprint density at radius 3 is 1.98 bits per heavy atom. The summed E-state index contributed by atoms with van der Waals surface area (Å²) in [6.07, 6.45) is 8.54. The Bertz CT molecular complexity index is 1070. The van der Waals surface area contributed by atoms with Crippen LogP contribution in [0.1, 0.15) is 130 Å². The van der Waals surface area contributed by atoms with Crippen LogP contribution in [0.15, 0.2) is 17.1 Å². The lowest BCUT2D eigenvalue weighted by molar-refractivity contribution is -0.176. The minimum atomic E-state index is -4.18. The van der Waals surface area contributed by atoms with Gasteiger partial charge in [0.2, 0.25) is 6.23 Å². The molecule has 1 aliphatic heterocycles. The van der Waals surface area contributed by atoms with E-state index in [1.807, 2.05) is 0 Å². The van der Waals surface area contributed by atoms with Gasteiger partial charge in [0, 0.05) is 12.6 Å². The number of nitrogen functional groups attached to an aromatic ring is 1. The maximum Gasteiger partial charge on any atom is 0.474 e. The third kappa shape index (κ3) is 13.8. The Morgan fingerprint density at radius 2 is 1.44 bits per heavy atom. The largest absolute Gasteiger partial charge is 0.474 e. The summed E-state index contributed by atoms with van der Waals surface area (Å²) in [5.41, 5.74) is 4.47. The molecule has 0 amide bonds. The SMILES string of the molecule is CCCCCCCOP(=O)(OCCCCCCC)OCC1O[C@@H](n2ccc(N)nc2=O)C(F)(F)[C@@H]1OC(=O)CCCCCCC. The van der Waals surface area contributed by atoms with E-state index in [1.165, 1.54) is 6.07 Å². The average Bonchev–Trinajstić information content (AvgIpc) is 3.24. The quantitative estimate of drug-likeness (QED) is 0.0626. The van der Waals surface area contributed by atoms with Gasteiger partial charge in [-0.3, -0.25) is 22.9 Å². The molecular formula is C31H54F2N3O8P. The third-order valence-corrected chi connectivity index (χ3v) is 9.05. The first-order valence-corrected chi connectivity index (χ1v) is 18.1. The van der Waals surface area contributed by atoms with Crippen LogP contribution >= 0.6 is 7.82 Å². The summed E-state index contributed by atoms with van der Waals surface area (Å²) in [5.74, 6) is -4.84. The fourth-order valence-electron chi connectivity index (χ4n) is 4.97. The number of nitrogens with two attached hydrogens (primary N) is 1. The summed E-state index contributed by atoms with van der Waals surface area (Å²) in [6.45, 7) is 5.77. The summed E-state index contributed by atoms with van der Waals surface area (Å²) in [4.78, 5) is 28.6. The molecule has 0 spiro atoms. The second-order valence-corrected chi connectivity index (χ2v) is 13.2. The van der Waals surface area contributed by atoms with Crippen LogP contribution in [0.2, 0.25) is 0 Å². The number of carbonyl (C=O) groups excluding carboxylic acids is 1. The zero-order valence-electron chi connectivity index (χ0n) is 27.3. The molecule has 1 fully saturated rings. The Kier molecular flexibility index (Phi) is 18.4. The molecule has 1 saturated heterocycles. The van der Waals surface area contributed by atoms with Crippen LogP contribution in [-0.2, 0) is 32.4 Å². The number of phosphoric acid groups is 1. The third-order valence-electron chi connectivity index (χ3n) is 7.59. The van der Waals surface area contributed by atoms with Gasteiger partial charge >= 0.3 is 25.4 Å².